The SMILES string of the molecule is Cl.NCC1CCCC1NC(=O)c1cc(-c2ccccc2)no1. The first-order chi connectivity index (χ1) is 10.3. The number of amides is 1. The zero-order chi connectivity index (χ0) is 14.7. The van der Waals surface area contributed by atoms with Crippen molar-refractivity contribution < 1.29 is 9.32 Å². The zero-order valence-corrected chi connectivity index (χ0v) is 13.0. The molecule has 3 rings (SSSR count). The number of carbonyl (C=O) groups is 1. The van der Waals surface area contributed by atoms with Gasteiger partial charge < -0.3 is 15.6 Å². The van der Waals surface area contributed by atoms with E-state index >= 15 is 0 Å². The van der Waals surface area contributed by atoms with Gasteiger partial charge in [-0.05, 0) is 25.3 Å². The molecule has 1 heterocycles. The number of rotatable bonds is 4. The quantitative estimate of drug-likeness (QED) is 0.907. The average molecular weight is 322 g/mol. The van der Waals surface area contributed by atoms with Crippen LogP contribution in [0.4, 0.5) is 0 Å². The molecule has 1 saturated carbocycles. The van der Waals surface area contributed by atoms with Gasteiger partial charge in [0.15, 0.2) is 0 Å². The molecule has 2 atom stereocenters. The van der Waals surface area contributed by atoms with Crippen LogP contribution in [0.1, 0.15) is 29.8 Å². The molecule has 0 aliphatic heterocycles. The summed E-state index contributed by atoms with van der Waals surface area (Å²) in [5.74, 6) is 0.400. The lowest BCUT2D eigenvalue weighted by atomic mass is 10.0. The first-order valence-electron chi connectivity index (χ1n) is 7.31. The molecule has 0 radical (unpaired) electrons. The molecule has 5 nitrogen and oxygen atoms in total. The highest BCUT2D eigenvalue weighted by Gasteiger charge is 2.28. The van der Waals surface area contributed by atoms with Crippen molar-refractivity contribution in [2.45, 2.75) is 25.3 Å². The topological polar surface area (TPSA) is 81.1 Å². The highest BCUT2D eigenvalue weighted by Crippen LogP contribution is 2.25. The minimum Gasteiger partial charge on any atom is -0.350 e. The number of carbonyl (C=O) groups excluding carboxylic acids is 1. The van der Waals surface area contributed by atoms with Crippen molar-refractivity contribution in [3.63, 3.8) is 0 Å². The molecule has 6 heteroatoms. The van der Waals surface area contributed by atoms with Crippen LogP contribution in [0.25, 0.3) is 11.3 Å². The van der Waals surface area contributed by atoms with Crippen molar-refractivity contribution in [1.29, 1.82) is 0 Å². The van der Waals surface area contributed by atoms with E-state index in [1.807, 2.05) is 30.3 Å². The summed E-state index contributed by atoms with van der Waals surface area (Å²) >= 11 is 0. The van der Waals surface area contributed by atoms with E-state index in [2.05, 4.69) is 10.5 Å². The van der Waals surface area contributed by atoms with Gasteiger partial charge in [-0.2, -0.15) is 0 Å². The van der Waals surface area contributed by atoms with Gasteiger partial charge in [0.25, 0.3) is 5.91 Å². The fraction of sp³-hybridized carbons (Fsp3) is 0.375. The molecule has 0 spiro atoms. The average Bonchev–Trinajstić information content (AvgIpc) is 3.17. The third-order valence-corrected chi connectivity index (χ3v) is 4.08. The summed E-state index contributed by atoms with van der Waals surface area (Å²) < 4.78 is 5.17. The van der Waals surface area contributed by atoms with Gasteiger partial charge in [0, 0.05) is 17.7 Å². The van der Waals surface area contributed by atoms with Crippen molar-refractivity contribution in [3.8, 4) is 11.3 Å². The number of benzene rings is 1. The normalized spacial score (nSPS) is 20.4. The van der Waals surface area contributed by atoms with Crippen LogP contribution < -0.4 is 11.1 Å². The largest absolute Gasteiger partial charge is 0.350 e. The summed E-state index contributed by atoms with van der Waals surface area (Å²) in [6.07, 6.45) is 3.17. The lowest BCUT2D eigenvalue weighted by Gasteiger charge is -2.18. The van der Waals surface area contributed by atoms with Crippen LogP contribution in [0.5, 0.6) is 0 Å². The smallest absolute Gasteiger partial charge is 0.290 e. The molecular weight excluding hydrogens is 302 g/mol. The fourth-order valence-corrected chi connectivity index (χ4v) is 2.88. The van der Waals surface area contributed by atoms with Crippen molar-refractivity contribution in [2.75, 3.05) is 6.54 Å². The van der Waals surface area contributed by atoms with Crippen molar-refractivity contribution in [3.05, 3.63) is 42.2 Å². The summed E-state index contributed by atoms with van der Waals surface area (Å²) in [6.45, 7) is 0.608. The van der Waals surface area contributed by atoms with E-state index in [1.165, 1.54) is 0 Å². The fourth-order valence-electron chi connectivity index (χ4n) is 2.88. The highest BCUT2D eigenvalue weighted by molar-refractivity contribution is 5.92. The van der Waals surface area contributed by atoms with E-state index in [0.717, 1.165) is 24.8 Å². The number of halogens is 1. The van der Waals surface area contributed by atoms with Crippen molar-refractivity contribution >= 4 is 18.3 Å². The molecule has 1 fully saturated rings. The van der Waals surface area contributed by atoms with Crippen molar-refractivity contribution in [1.82, 2.24) is 10.5 Å². The van der Waals surface area contributed by atoms with Gasteiger partial charge in [-0.15, -0.1) is 12.4 Å². The van der Waals surface area contributed by atoms with E-state index in [9.17, 15) is 4.79 Å². The second-order valence-electron chi connectivity index (χ2n) is 5.45. The molecule has 0 bridgehead atoms. The Labute approximate surface area is 135 Å². The summed E-state index contributed by atoms with van der Waals surface area (Å²) in [5.41, 5.74) is 7.33. The first-order valence-corrected chi connectivity index (χ1v) is 7.31. The number of hydrogen-bond acceptors (Lipinski definition) is 4. The molecule has 2 unspecified atom stereocenters. The van der Waals surface area contributed by atoms with E-state index < -0.39 is 0 Å². The number of nitrogens with one attached hydrogen (secondary N) is 1. The van der Waals surface area contributed by atoms with Gasteiger partial charge in [-0.25, -0.2) is 0 Å². The van der Waals surface area contributed by atoms with Gasteiger partial charge in [-0.3, -0.25) is 4.79 Å². The summed E-state index contributed by atoms with van der Waals surface area (Å²) in [4.78, 5) is 12.2. The molecule has 1 aromatic heterocycles. The summed E-state index contributed by atoms with van der Waals surface area (Å²) in [7, 11) is 0. The molecule has 0 saturated heterocycles. The number of nitrogens with zero attached hydrogens (tertiary/aromatic N) is 1. The van der Waals surface area contributed by atoms with Crippen molar-refractivity contribution in [2.24, 2.45) is 11.7 Å². The van der Waals surface area contributed by atoms with Crippen LogP contribution in [0.15, 0.2) is 40.9 Å². The minimum absolute atomic E-state index is 0. The Bertz CT molecular complexity index is 615. The number of hydrogen-bond donors (Lipinski definition) is 2. The van der Waals surface area contributed by atoms with Crippen LogP contribution in [-0.4, -0.2) is 23.7 Å². The van der Waals surface area contributed by atoms with Gasteiger partial charge in [0.05, 0.1) is 0 Å². The standard InChI is InChI=1S/C16H19N3O2.ClH/c17-10-12-7-4-8-13(12)18-16(20)15-9-14(19-21-15)11-5-2-1-3-6-11;/h1-3,5-6,9,12-13H,4,7-8,10,17H2,(H,18,20);1H. The maximum atomic E-state index is 12.2. The van der Waals surface area contributed by atoms with E-state index in [4.69, 9.17) is 10.3 Å². The van der Waals surface area contributed by atoms with E-state index in [1.54, 1.807) is 6.07 Å². The predicted molar refractivity (Wildman–Crippen MR) is 86.8 cm³/mol. The predicted octanol–water partition coefficient (Wildman–Crippen LogP) is 2.62. The molecule has 1 aromatic carbocycles. The van der Waals surface area contributed by atoms with Gasteiger partial charge >= 0.3 is 0 Å². The van der Waals surface area contributed by atoms with Crippen LogP contribution in [-0.2, 0) is 0 Å². The molecule has 22 heavy (non-hydrogen) atoms. The third-order valence-electron chi connectivity index (χ3n) is 4.08. The highest BCUT2D eigenvalue weighted by atomic mass is 35.5. The molecular formula is C16H20ClN3O2. The van der Waals surface area contributed by atoms with E-state index in [0.29, 0.717) is 18.2 Å². The number of nitrogens with two attached hydrogens (primary N) is 1. The second kappa shape index (κ2) is 7.42. The van der Waals surface area contributed by atoms with E-state index in [-0.39, 0.29) is 30.1 Å². The van der Waals surface area contributed by atoms with Crippen LogP contribution in [0.3, 0.4) is 0 Å². The van der Waals surface area contributed by atoms with Crippen LogP contribution in [0, 0.1) is 5.92 Å². The first kappa shape index (κ1) is 16.5. The van der Waals surface area contributed by atoms with Gasteiger partial charge in [0.1, 0.15) is 5.69 Å². The minimum atomic E-state index is -0.213. The van der Waals surface area contributed by atoms with Crippen LogP contribution >= 0.6 is 12.4 Å². The Hall–Kier alpha value is -1.85. The summed E-state index contributed by atoms with van der Waals surface area (Å²) in [5, 5.41) is 6.97. The zero-order valence-electron chi connectivity index (χ0n) is 12.2. The maximum Gasteiger partial charge on any atom is 0.290 e. The molecule has 3 N–H and O–H groups in total. The monoisotopic (exact) mass is 321 g/mol. The Morgan fingerprint density at radius 3 is 2.82 bits per heavy atom. The second-order valence-corrected chi connectivity index (χ2v) is 5.45. The molecule has 1 aliphatic carbocycles. The summed E-state index contributed by atoms with van der Waals surface area (Å²) in [6, 6.07) is 11.5. The van der Waals surface area contributed by atoms with Gasteiger partial charge in [-0.1, -0.05) is 41.9 Å². The van der Waals surface area contributed by atoms with Crippen LogP contribution in [0.2, 0.25) is 0 Å². The third kappa shape index (κ3) is 3.48. The molecule has 1 aliphatic rings. The maximum absolute atomic E-state index is 12.2. The molecule has 118 valence electrons. The number of aromatic nitrogens is 1. The Balaban J connectivity index is 0.00000176. The lowest BCUT2D eigenvalue weighted by molar-refractivity contribution is 0.0891. The lowest BCUT2D eigenvalue weighted by Crippen LogP contribution is -2.39. The van der Waals surface area contributed by atoms with Gasteiger partial charge in [0.2, 0.25) is 5.76 Å². The Morgan fingerprint density at radius 2 is 2.09 bits per heavy atom. The molecule has 1 amide bonds. The molecule has 2 aromatic rings. The Kier molecular flexibility index (Phi) is 5.57. The Morgan fingerprint density at radius 1 is 1.32 bits per heavy atom.